The van der Waals surface area contributed by atoms with Crippen molar-refractivity contribution in [3.05, 3.63) is 52.9 Å². The molecular formula is C19H24N4O. The maximum Gasteiger partial charge on any atom is 0.254 e. The van der Waals surface area contributed by atoms with Crippen LogP contribution in [0.25, 0.3) is 0 Å². The van der Waals surface area contributed by atoms with Crippen molar-refractivity contribution in [3.63, 3.8) is 0 Å². The van der Waals surface area contributed by atoms with Gasteiger partial charge < -0.3 is 4.90 Å². The molecule has 5 nitrogen and oxygen atoms in total. The lowest BCUT2D eigenvalue weighted by atomic mass is 9.95. The summed E-state index contributed by atoms with van der Waals surface area (Å²) < 4.78 is 0. The molecule has 0 fully saturated rings. The van der Waals surface area contributed by atoms with Gasteiger partial charge in [0.25, 0.3) is 5.91 Å². The van der Waals surface area contributed by atoms with Crippen LogP contribution in [0.15, 0.2) is 24.5 Å². The first-order chi connectivity index (χ1) is 11.4. The van der Waals surface area contributed by atoms with Gasteiger partial charge in [-0.1, -0.05) is 34.1 Å². The van der Waals surface area contributed by atoms with Crippen LogP contribution in [0.2, 0.25) is 0 Å². The molecule has 1 aliphatic heterocycles. The Morgan fingerprint density at radius 3 is 2.75 bits per heavy atom. The molecule has 3 heterocycles. The fourth-order valence-electron chi connectivity index (χ4n) is 2.84. The molecule has 0 aliphatic carbocycles. The predicted octanol–water partition coefficient (Wildman–Crippen LogP) is 3.28. The minimum absolute atomic E-state index is 0.0325. The van der Waals surface area contributed by atoms with Gasteiger partial charge in [-0.25, -0.2) is 9.97 Å². The summed E-state index contributed by atoms with van der Waals surface area (Å²) in [4.78, 5) is 28.1. The summed E-state index contributed by atoms with van der Waals surface area (Å²) in [5, 5.41) is 0. The van der Waals surface area contributed by atoms with Gasteiger partial charge in [0, 0.05) is 41.2 Å². The summed E-state index contributed by atoms with van der Waals surface area (Å²) in [5.41, 5.74) is 3.58. The number of aryl methyl sites for hydroxylation is 1. The largest absolute Gasteiger partial charge is 0.328 e. The molecule has 126 valence electrons. The van der Waals surface area contributed by atoms with Crippen LogP contribution in [0.5, 0.6) is 0 Å². The van der Waals surface area contributed by atoms with E-state index in [1.807, 2.05) is 17.2 Å². The SMILES string of the molecule is CCCc1cc(C(=O)N2Cc3cnc(C(C)(C)C)nc3C2)ccn1. The highest BCUT2D eigenvalue weighted by Crippen LogP contribution is 2.25. The van der Waals surface area contributed by atoms with Crippen LogP contribution < -0.4 is 0 Å². The normalized spacial score (nSPS) is 13.9. The van der Waals surface area contributed by atoms with Crippen molar-refractivity contribution in [2.75, 3.05) is 0 Å². The monoisotopic (exact) mass is 324 g/mol. The zero-order valence-electron chi connectivity index (χ0n) is 14.8. The van der Waals surface area contributed by atoms with E-state index >= 15 is 0 Å². The van der Waals surface area contributed by atoms with Crippen molar-refractivity contribution in [2.24, 2.45) is 0 Å². The molecule has 24 heavy (non-hydrogen) atoms. The Hall–Kier alpha value is -2.30. The smallest absolute Gasteiger partial charge is 0.254 e. The third-order valence-electron chi connectivity index (χ3n) is 4.18. The molecule has 0 radical (unpaired) electrons. The van der Waals surface area contributed by atoms with E-state index in [-0.39, 0.29) is 11.3 Å². The number of fused-ring (bicyclic) bond motifs is 1. The van der Waals surface area contributed by atoms with E-state index in [0.29, 0.717) is 18.7 Å². The maximum absolute atomic E-state index is 12.8. The van der Waals surface area contributed by atoms with Crippen LogP contribution in [0.3, 0.4) is 0 Å². The second-order valence-electron chi connectivity index (χ2n) is 7.36. The molecule has 1 aliphatic rings. The topological polar surface area (TPSA) is 59.0 Å². The van der Waals surface area contributed by atoms with Crippen molar-refractivity contribution in [3.8, 4) is 0 Å². The Bertz CT molecular complexity index is 764. The van der Waals surface area contributed by atoms with E-state index in [2.05, 4.69) is 42.6 Å². The van der Waals surface area contributed by atoms with E-state index in [1.54, 1.807) is 12.3 Å². The Morgan fingerprint density at radius 1 is 1.25 bits per heavy atom. The quantitative estimate of drug-likeness (QED) is 0.869. The molecule has 0 N–H and O–H groups in total. The second kappa shape index (κ2) is 6.30. The zero-order valence-corrected chi connectivity index (χ0v) is 14.8. The molecule has 3 rings (SSSR count). The summed E-state index contributed by atoms with van der Waals surface area (Å²) in [6.45, 7) is 9.52. The standard InChI is InChI=1S/C19H24N4O/c1-5-6-15-9-13(7-8-20-15)17(24)23-11-14-10-21-18(19(2,3)4)22-16(14)12-23/h7-10H,5-6,11-12H2,1-4H3. The predicted molar refractivity (Wildman–Crippen MR) is 92.5 cm³/mol. The number of carbonyl (C=O) groups excluding carboxylic acids is 1. The lowest BCUT2D eigenvalue weighted by Crippen LogP contribution is -2.25. The van der Waals surface area contributed by atoms with Gasteiger partial charge in [0.05, 0.1) is 12.2 Å². The fourth-order valence-corrected chi connectivity index (χ4v) is 2.84. The highest BCUT2D eigenvalue weighted by Gasteiger charge is 2.28. The van der Waals surface area contributed by atoms with Gasteiger partial charge in [-0.3, -0.25) is 9.78 Å². The molecule has 0 saturated carbocycles. The van der Waals surface area contributed by atoms with Crippen LogP contribution in [-0.4, -0.2) is 25.8 Å². The number of hydrogen-bond acceptors (Lipinski definition) is 4. The van der Waals surface area contributed by atoms with Gasteiger partial charge in [-0.15, -0.1) is 0 Å². The Morgan fingerprint density at radius 2 is 2.04 bits per heavy atom. The number of amides is 1. The first-order valence-corrected chi connectivity index (χ1v) is 8.48. The minimum atomic E-state index is -0.0907. The van der Waals surface area contributed by atoms with Gasteiger partial charge in [0.1, 0.15) is 5.82 Å². The lowest BCUT2D eigenvalue weighted by molar-refractivity contribution is 0.0750. The highest BCUT2D eigenvalue weighted by atomic mass is 16.2. The molecule has 0 saturated heterocycles. The molecular weight excluding hydrogens is 300 g/mol. The van der Waals surface area contributed by atoms with Crippen molar-refractivity contribution >= 4 is 5.91 Å². The van der Waals surface area contributed by atoms with Crippen molar-refractivity contribution < 1.29 is 4.79 Å². The average Bonchev–Trinajstić information content (AvgIpc) is 2.97. The first kappa shape index (κ1) is 16.6. The van der Waals surface area contributed by atoms with Gasteiger partial charge >= 0.3 is 0 Å². The van der Waals surface area contributed by atoms with Crippen molar-refractivity contribution in [2.45, 2.75) is 59.0 Å². The fraction of sp³-hybridized carbons (Fsp3) is 0.474. The summed E-state index contributed by atoms with van der Waals surface area (Å²) in [7, 11) is 0. The van der Waals surface area contributed by atoms with E-state index in [0.717, 1.165) is 35.6 Å². The maximum atomic E-state index is 12.8. The number of rotatable bonds is 3. The minimum Gasteiger partial charge on any atom is -0.328 e. The lowest BCUT2D eigenvalue weighted by Gasteiger charge is -2.16. The van der Waals surface area contributed by atoms with E-state index in [4.69, 9.17) is 0 Å². The highest BCUT2D eigenvalue weighted by molar-refractivity contribution is 5.94. The third-order valence-corrected chi connectivity index (χ3v) is 4.18. The number of nitrogens with zero attached hydrogens (tertiary/aromatic N) is 4. The second-order valence-corrected chi connectivity index (χ2v) is 7.36. The molecule has 0 atom stereocenters. The molecule has 0 bridgehead atoms. The van der Waals surface area contributed by atoms with Crippen molar-refractivity contribution in [1.29, 1.82) is 0 Å². The zero-order chi connectivity index (χ0) is 17.3. The van der Waals surface area contributed by atoms with Crippen LogP contribution in [0.1, 0.15) is 67.2 Å². The van der Waals surface area contributed by atoms with Gasteiger partial charge in [0.2, 0.25) is 0 Å². The molecule has 2 aromatic heterocycles. The number of hydrogen-bond donors (Lipinski definition) is 0. The summed E-state index contributed by atoms with van der Waals surface area (Å²) in [5.74, 6) is 0.856. The average molecular weight is 324 g/mol. The molecule has 5 heteroatoms. The van der Waals surface area contributed by atoms with Gasteiger partial charge in [-0.2, -0.15) is 0 Å². The Balaban J connectivity index is 1.80. The van der Waals surface area contributed by atoms with Crippen LogP contribution in [-0.2, 0) is 24.9 Å². The van der Waals surface area contributed by atoms with Crippen LogP contribution in [0.4, 0.5) is 0 Å². The first-order valence-electron chi connectivity index (χ1n) is 8.48. The number of pyridine rings is 1. The number of carbonyl (C=O) groups is 1. The van der Waals surface area contributed by atoms with Crippen LogP contribution >= 0.6 is 0 Å². The van der Waals surface area contributed by atoms with Crippen LogP contribution in [0, 0.1) is 0 Å². The summed E-state index contributed by atoms with van der Waals surface area (Å²) in [6, 6.07) is 3.69. The van der Waals surface area contributed by atoms with Crippen molar-refractivity contribution in [1.82, 2.24) is 19.9 Å². The number of aromatic nitrogens is 3. The van der Waals surface area contributed by atoms with E-state index in [9.17, 15) is 4.79 Å². The molecule has 0 unspecified atom stereocenters. The Labute approximate surface area is 143 Å². The molecule has 0 spiro atoms. The summed E-state index contributed by atoms with van der Waals surface area (Å²) >= 11 is 0. The molecule has 0 aromatic carbocycles. The van der Waals surface area contributed by atoms with E-state index < -0.39 is 0 Å². The molecule has 1 amide bonds. The Kier molecular flexibility index (Phi) is 4.35. The summed E-state index contributed by atoms with van der Waals surface area (Å²) in [6.07, 6.45) is 5.50. The third kappa shape index (κ3) is 3.30. The van der Waals surface area contributed by atoms with Gasteiger partial charge in [-0.05, 0) is 18.6 Å². The van der Waals surface area contributed by atoms with Gasteiger partial charge in [0.15, 0.2) is 0 Å². The molecule has 2 aromatic rings. The van der Waals surface area contributed by atoms with E-state index in [1.165, 1.54) is 0 Å².